The highest BCUT2D eigenvalue weighted by Gasteiger charge is 2.21. The van der Waals surface area contributed by atoms with Gasteiger partial charge < -0.3 is 9.88 Å². The van der Waals surface area contributed by atoms with E-state index in [1.807, 2.05) is 6.92 Å². The summed E-state index contributed by atoms with van der Waals surface area (Å²) in [5, 5.41) is 4.27. The fourth-order valence-corrected chi connectivity index (χ4v) is 4.77. The van der Waals surface area contributed by atoms with Crippen molar-refractivity contribution >= 4 is 40.8 Å². The van der Waals surface area contributed by atoms with Crippen molar-refractivity contribution in [2.24, 2.45) is 0 Å². The average molecular weight is 501 g/mol. The van der Waals surface area contributed by atoms with Crippen molar-refractivity contribution in [3.05, 3.63) is 76.8 Å². The van der Waals surface area contributed by atoms with E-state index in [1.165, 1.54) is 30.6 Å². The molecule has 0 unspecified atom stereocenters. The number of benzene rings is 1. The Balaban J connectivity index is 1.86. The molecule has 4 rings (SSSR count). The number of pyridine rings is 3. The van der Waals surface area contributed by atoms with Crippen LogP contribution in [0, 0.1) is 18.6 Å². The smallest absolute Gasteiger partial charge is 0.146 e. The highest BCUT2D eigenvalue weighted by Crippen LogP contribution is 2.39. The normalized spacial score (nSPS) is 12.7. The van der Waals surface area contributed by atoms with Gasteiger partial charge in [-0.2, -0.15) is 0 Å². The Hall–Kier alpha value is -2.89. The Morgan fingerprint density at radius 1 is 1.12 bits per heavy atom. The molecule has 3 heterocycles. The van der Waals surface area contributed by atoms with Gasteiger partial charge in [0.1, 0.15) is 18.8 Å². The third-order valence-electron chi connectivity index (χ3n) is 5.63. The van der Waals surface area contributed by atoms with Crippen molar-refractivity contribution < 1.29 is 13.3 Å². The predicted molar refractivity (Wildman–Crippen MR) is 135 cm³/mol. The van der Waals surface area contributed by atoms with Gasteiger partial charge in [-0.1, -0.05) is 24.6 Å². The van der Waals surface area contributed by atoms with Crippen LogP contribution in [-0.2, 0) is 4.57 Å². The van der Waals surface area contributed by atoms with Gasteiger partial charge in [-0.15, -0.1) is 0 Å². The zero-order valence-electron chi connectivity index (χ0n) is 19.2. The van der Waals surface area contributed by atoms with E-state index in [2.05, 4.69) is 20.3 Å². The van der Waals surface area contributed by atoms with Crippen molar-refractivity contribution in [2.75, 3.05) is 18.6 Å². The summed E-state index contributed by atoms with van der Waals surface area (Å²) in [6.45, 7) is 6.91. The molecule has 0 radical (unpaired) electrons. The highest BCUT2D eigenvalue weighted by atomic mass is 35.5. The first kappa shape index (κ1) is 24.2. The maximum atomic E-state index is 15.1. The van der Waals surface area contributed by atoms with Gasteiger partial charge in [-0.3, -0.25) is 15.0 Å². The SMILES string of the molecule is CC[C@@H](Nc1c(Cl)c(C)nc2cc(F)c(-c3ccc(P(C)(C)=O)nc3)cc12)c1ncccc1F. The molecular formula is C25H24ClF2N4OP. The van der Waals surface area contributed by atoms with E-state index in [0.717, 1.165) is 0 Å². The van der Waals surface area contributed by atoms with Gasteiger partial charge >= 0.3 is 0 Å². The molecule has 0 aliphatic heterocycles. The quantitative estimate of drug-likeness (QED) is 0.297. The van der Waals surface area contributed by atoms with Crippen LogP contribution in [0.1, 0.15) is 30.8 Å². The number of hydrogen-bond donors (Lipinski definition) is 1. The Morgan fingerprint density at radius 3 is 2.50 bits per heavy atom. The van der Waals surface area contributed by atoms with E-state index < -0.39 is 24.8 Å². The lowest BCUT2D eigenvalue weighted by Gasteiger charge is -2.21. The second-order valence-corrected chi connectivity index (χ2v) is 12.0. The second kappa shape index (κ2) is 9.40. The van der Waals surface area contributed by atoms with Gasteiger partial charge in [-0.05, 0) is 50.9 Å². The van der Waals surface area contributed by atoms with E-state index in [-0.39, 0.29) is 5.69 Å². The summed E-state index contributed by atoms with van der Waals surface area (Å²) in [4.78, 5) is 12.9. The predicted octanol–water partition coefficient (Wildman–Crippen LogP) is 6.74. The number of aromatic nitrogens is 3. The van der Waals surface area contributed by atoms with E-state index in [9.17, 15) is 8.96 Å². The van der Waals surface area contributed by atoms with Crippen LogP contribution in [0.2, 0.25) is 5.02 Å². The van der Waals surface area contributed by atoms with E-state index in [1.54, 1.807) is 38.5 Å². The molecule has 0 amide bonds. The lowest BCUT2D eigenvalue weighted by atomic mass is 10.0. The van der Waals surface area contributed by atoms with Crippen LogP contribution in [0.25, 0.3) is 22.0 Å². The van der Waals surface area contributed by atoms with Crippen molar-refractivity contribution in [3.8, 4) is 11.1 Å². The lowest BCUT2D eigenvalue weighted by molar-refractivity contribution is 0.572. The molecule has 0 bridgehead atoms. The number of anilines is 1. The summed E-state index contributed by atoms with van der Waals surface area (Å²) in [5.74, 6) is -0.892. The lowest BCUT2D eigenvalue weighted by Crippen LogP contribution is -2.14. The Bertz CT molecular complexity index is 1420. The maximum Gasteiger partial charge on any atom is 0.146 e. The van der Waals surface area contributed by atoms with Gasteiger partial charge in [0.2, 0.25) is 0 Å². The first-order valence-corrected chi connectivity index (χ1v) is 13.8. The molecule has 0 fully saturated rings. The van der Waals surface area contributed by atoms with E-state index in [4.69, 9.17) is 11.6 Å². The average Bonchev–Trinajstić information content (AvgIpc) is 2.80. The van der Waals surface area contributed by atoms with Crippen LogP contribution in [-0.4, -0.2) is 28.3 Å². The molecule has 1 atom stereocenters. The van der Waals surface area contributed by atoms with Gasteiger partial charge in [0, 0.05) is 35.0 Å². The Labute approximate surface area is 202 Å². The fraction of sp³-hybridized carbons (Fsp3) is 0.240. The molecule has 4 aromatic rings. The minimum absolute atomic E-state index is 0.273. The number of hydrogen-bond acceptors (Lipinski definition) is 5. The zero-order valence-corrected chi connectivity index (χ0v) is 20.9. The van der Waals surface area contributed by atoms with Crippen LogP contribution >= 0.6 is 18.7 Å². The molecule has 0 spiro atoms. The van der Waals surface area contributed by atoms with Crippen molar-refractivity contribution in [2.45, 2.75) is 26.3 Å². The summed E-state index contributed by atoms with van der Waals surface area (Å²) in [7, 11) is -2.53. The Morgan fingerprint density at radius 2 is 1.88 bits per heavy atom. The number of aryl methyl sites for hydroxylation is 1. The summed E-state index contributed by atoms with van der Waals surface area (Å²) in [6.07, 6.45) is 3.59. The molecule has 1 N–H and O–H groups in total. The number of rotatable bonds is 6. The van der Waals surface area contributed by atoms with Crippen molar-refractivity contribution in [1.29, 1.82) is 0 Å². The summed E-state index contributed by atoms with van der Waals surface area (Å²) >= 11 is 6.63. The number of nitrogens with one attached hydrogen (secondary N) is 1. The standard InChI is InChI=1S/C25H24ClF2N4OP/c1-5-20(25-18(27)7-6-10-29-25)32-24-17-11-16(15-8-9-22(30-13-15)34(3,4)33)19(28)12-21(17)31-14(2)23(24)26/h6-13,20H,5H2,1-4H3,(H,31,32)/t20-/m1/s1. The molecule has 5 nitrogen and oxygen atoms in total. The van der Waals surface area contributed by atoms with Crippen LogP contribution in [0.3, 0.4) is 0 Å². The third-order valence-corrected chi connectivity index (χ3v) is 7.46. The second-order valence-electron chi connectivity index (χ2n) is 8.47. The number of halogens is 3. The summed E-state index contributed by atoms with van der Waals surface area (Å²) in [6, 6.07) is 8.79. The molecule has 0 saturated heterocycles. The number of fused-ring (bicyclic) bond motifs is 1. The molecule has 3 aromatic heterocycles. The van der Waals surface area contributed by atoms with Gasteiger partial charge in [0.05, 0.1) is 39.1 Å². The minimum Gasteiger partial charge on any atom is -0.375 e. The van der Waals surface area contributed by atoms with E-state index in [0.29, 0.717) is 50.3 Å². The first-order chi connectivity index (χ1) is 16.1. The Kier molecular flexibility index (Phi) is 6.70. The molecule has 9 heteroatoms. The molecule has 0 saturated carbocycles. The molecule has 1 aromatic carbocycles. The van der Waals surface area contributed by atoms with Crippen LogP contribution in [0.15, 0.2) is 48.8 Å². The van der Waals surface area contributed by atoms with Crippen molar-refractivity contribution in [1.82, 2.24) is 15.0 Å². The highest BCUT2D eigenvalue weighted by molar-refractivity contribution is 7.69. The minimum atomic E-state index is -2.53. The van der Waals surface area contributed by atoms with Crippen molar-refractivity contribution in [3.63, 3.8) is 0 Å². The van der Waals surface area contributed by atoms with Gasteiger partial charge in [0.15, 0.2) is 0 Å². The third kappa shape index (κ3) is 4.68. The van der Waals surface area contributed by atoms with Gasteiger partial charge in [0.25, 0.3) is 0 Å². The monoisotopic (exact) mass is 500 g/mol. The number of nitrogens with zero attached hydrogens (tertiary/aromatic N) is 3. The summed E-state index contributed by atoms with van der Waals surface area (Å²) < 4.78 is 41.9. The zero-order chi connectivity index (χ0) is 24.6. The molecular weight excluding hydrogens is 477 g/mol. The molecule has 0 aliphatic rings. The molecule has 176 valence electrons. The van der Waals surface area contributed by atoms with Crippen LogP contribution < -0.4 is 10.8 Å². The van der Waals surface area contributed by atoms with E-state index >= 15 is 4.39 Å². The van der Waals surface area contributed by atoms with Crippen LogP contribution in [0.4, 0.5) is 14.5 Å². The maximum absolute atomic E-state index is 15.1. The summed E-state index contributed by atoms with van der Waals surface area (Å²) in [5.41, 5.74) is 3.04. The topological polar surface area (TPSA) is 67.8 Å². The first-order valence-electron chi connectivity index (χ1n) is 10.8. The van der Waals surface area contributed by atoms with Gasteiger partial charge in [-0.25, -0.2) is 8.78 Å². The molecule has 34 heavy (non-hydrogen) atoms. The largest absolute Gasteiger partial charge is 0.375 e. The fourth-order valence-electron chi connectivity index (χ4n) is 3.80. The van der Waals surface area contributed by atoms with Crippen LogP contribution in [0.5, 0.6) is 0 Å². The molecule has 0 aliphatic carbocycles.